The molecule has 0 saturated heterocycles. The molecule has 0 bridgehead atoms. The Bertz CT molecular complexity index is 1490. The third kappa shape index (κ3) is 51.8. The maximum absolute atomic E-state index is 12.9. The van der Waals surface area contributed by atoms with E-state index in [0.29, 0.717) is 19.3 Å². The van der Waals surface area contributed by atoms with E-state index in [9.17, 15) is 28.9 Å². The Morgan fingerprint density at radius 1 is 0.403 bits per heavy atom. The van der Waals surface area contributed by atoms with Crippen molar-refractivity contribution in [2.75, 3.05) is 26.4 Å². The summed E-state index contributed by atoms with van der Waals surface area (Å²) < 4.78 is 39.5. The highest BCUT2D eigenvalue weighted by atomic mass is 31.2. The van der Waals surface area contributed by atoms with Crippen LogP contribution in [0.25, 0.3) is 0 Å². The first-order valence-corrected chi connectivity index (χ1v) is 30.3. The molecular weight excluding hydrogens is 928 g/mol. The van der Waals surface area contributed by atoms with Gasteiger partial charge in [-0.3, -0.25) is 23.4 Å². The van der Waals surface area contributed by atoms with Gasteiger partial charge in [0.15, 0.2) is 6.10 Å². The third-order valence-electron chi connectivity index (χ3n) is 12.1. The molecule has 0 radical (unpaired) electrons. The van der Waals surface area contributed by atoms with Crippen LogP contribution >= 0.6 is 7.82 Å². The molecule has 0 aromatic rings. The van der Waals surface area contributed by atoms with E-state index in [2.05, 4.69) is 93.7 Å². The Morgan fingerprint density at radius 3 is 1.17 bits per heavy atom. The number of hydrogen-bond donors (Lipinski definition) is 2. The molecule has 0 aromatic heterocycles. The Morgan fingerprint density at radius 2 is 0.750 bits per heavy atom. The fourth-order valence-corrected chi connectivity index (χ4v) is 8.52. The maximum Gasteiger partial charge on any atom is 0.472 e. The zero-order chi connectivity index (χ0) is 52.7. The Kier molecular flexibility index (Phi) is 51.9. The molecule has 72 heavy (non-hydrogen) atoms. The Labute approximate surface area is 439 Å². The smallest absolute Gasteiger partial charge is 0.462 e. The predicted octanol–water partition coefficient (Wildman–Crippen LogP) is 16.9. The summed E-state index contributed by atoms with van der Waals surface area (Å²) in [5, 5.41) is 9.80. The van der Waals surface area contributed by atoms with Crippen molar-refractivity contribution in [3.8, 4) is 0 Å². The number of rotatable bonds is 53. The van der Waals surface area contributed by atoms with Gasteiger partial charge >= 0.3 is 25.7 Å². The summed E-state index contributed by atoms with van der Waals surface area (Å²) in [4.78, 5) is 48.5. The summed E-state index contributed by atoms with van der Waals surface area (Å²) in [6.45, 7) is 4.44. The molecule has 3 atom stereocenters. The summed E-state index contributed by atoms with van der Waals surface area (Å²) in [6.07, 6.45) is 60.0. The molecule has 0 rings (SSSR count). The second-order valence-corrected chi connectivity index (χ2v) is 20.5. The first-order chi connectivity index (χ1) is 35.2. The van der Waals surface area contributed by atoms with Crippen LogP contribution in [0.1, 0.15) is 252 Å². The largest absolute Gasteiger partial charge is 0.472 e. The van der Waals surface area contributed by atoms with Gasteiger partial charge in [-0.15, -0.1) is 0 Å². The highest BCUT2D eigenvalue weighted by Gasteiger charge is 2.28. The van der Waals surface area contributed by atoms with Crippen molar-refractivity contribution < 1.29 is 52.2 Å². The van der Waals surface area contributed by atoms with Gasteiger partial charge in [0.2, 0.25) is 0 Å². The van der Waals surface area contributed by atoms with Gasteiger partial charge in [-0.1, -0.05) is 222 Å². The molecular formula is C60H105O11P. The lowest BCUT2D eigenvalue weighted by Crippen LogP contribution is -2.30. The van der Waals surface area contributed by atoms with Gasteiger partial charge in [0.25, 0.3) is 0 Å². The van der Waals surface area contributed by atoms with Crippen molar-refractivity contribution in [3.63, 3.8) is 0 Å². The fraction of sp³-hybridized carbons (Fsp3) is 0.750. The highest BCUT2D eigenvalue weighted by molar-refractivity contribution is 7.47. The SMILES string of the molecule is CC/C=C\C/C=C\C/C=C\C/C=C\CCCCCCCCC(=O)OCC(COP(=O)(O)OCC(CO)OC(=O)CCCCCCCCCCCCCCC)OC(=O)CCCCCCC/C=C\C/C=C\CCC. The molecule has 2 N–H and O–H groups in total. The molecule has 0 aliphatic heterocycles. The number of phosphoric acid groups is 1. The molecule has 11 nitrogen and oxygen atoms in total. The van der Waals surface area contributed by atoms with E-state index in [1.54, 1.807) is 0 Å². The average Bonchev–Trinajstić information content (AvgIpc) is 3.37. The number of esters is 3. The van der Waals surface area contributed by atoms with Gasteiger partial charge in [0, 0.05) is 19.3 Å². The van der Waals surface area contributed by atoms with E-state index < -0.39 is 57.8 Å². The van der Waals surface area contributed by atoms with Gasteiger partial charge < -0.3 is 24.2 Å². The van der Waals surface area contributed by atoms with Crippen LogP contribution in [-0.4, -0.2) is 66.5 Å². The number of ether oxygens (including phenoxy) is 3. The van der Waals surface area contributed by atoms with Crippen LogP contribution in [0.3, 0.4) is 0 Å². The molecule has 12 heteroatoms. The number of aliphatic hydroxyl groups excluding tert-OH is 1. The maximum atomic E-state index is 12.9. The van der Waals surface area contributed by atoms with E-state index in [0.717, 1.165) is 135 Å². The predicted molar refractivity (Wildman–Crippen MR) is 298 cm³/mol. The van der Waals surface area contributed by atoms with E-state index in [1.165, 1.54) is 57.8 Å². The van der Waals surface area contributed by atoms with Crippen LogP contribution in [0.4, 0.5) is 0 Å². The van der Waals surface area contributed by atoms with E-state index in [1.807, 2.05) is 0 Å². The Balaban J connectivity index is 4.73. The summed E-state index contributed by atoms with van der Waals surface area (Å²) >= 11 is 0. The first-order valence-electron chi connectivity index (χ1n) is 28.8. The van der Waals surface area contributed by atoms with Crippen LogP contribution < -0.4 is 0 Å². The monoisotopic (exact) mass is 1030 g/mol. The second-order valence-electron chi connectivity index (χ2n) is 19.1. The zero-order valence-corrected chi connectivity index (χ0v) is 46.8. The van der Waals surface area contributed by atoms with Gasteiger partial charge in [-0.25, -0.2) is 4.57 Å². The first kappa shape index (κ1) is 68.9. The van der Waals surface area contributed by atoms with Gasteiger partial charge in [0.05, 0.1) is 19.8 Å². The van der Waals surface area contributed by atoms with Crippen LogP contribution in [0.2, 0.25) is 0 Å². The number of unbranched alkanes of at least 4 members (excludes halogenated alkanes) is 24. The third-order valence-corrected chi connectivity index (χ3v) is 13.0. The number of carbonyl (C=O) groups is 3. The Hall–Kier alpha value is -3.08. The molecule has 416 valence electrons. The van der Waals surface area contributed by atoms with Crippen molar-refractivity contribution in [1.82, 2.24) is 0 Å². The van der Waals surface area contributed by atoms with Crippen molar-refractivity contribution in [3.05, 3.63) is 72.9 Å². The number of carbonyl (C=O) groups excluding carboxylic acids is 3. The van der Waals surface area contributed by atoms with Gasteiger partial charge in [-0.05, 0) is 83.5 Å². The standard InChI is InChI=1S/C60H105O11P/c1-4-7-10-13-16-19-22-25-26-27-28-29-30-33-34-37-40-43-46-49-58(62)67-53-57(71-60(64)51-48-45-42-39-36-32-24-21-18-15-12-9-6-3)55-69-72(65,66)68-54-56(52-61)70-59(63)50-47-44-41-38-35-31-23-20-17-14-11-8-5-2/h7,10,12,15-16,19,21,24-26,28-29,56-57,61H,4-6,8-9,11,13-14,17-18,20,22-23,27,30-55H2,1-3H3,(H,65,66)/b10-7-,15-12-,19-16-,24-21-,26-25-,29-28-. The molecule has 0 aromatic carbocycles. The van der Waals surface area contributed by atoms with E-state index in [4.69, 9.17) is 23.3 Å². The average molecular weight is 1030 g/mol. The molecule has 0 spiro atoms. The molecule has 0 saturated carbocycles. The van der Waals surface area contributed by atoms with Crippen molar-refractivity contribution in [2.24, 2.45) is 0 Å². The zero-order valence-electron chi connectivity index (χ0n) is 45.9. The number of phosphoric ester groups is 1. The van der Waals surface area contributed by atoms with Crippen molar-refractivity contribution in [2.45, 2.75) is 264 Å². The summed E-state index contributed by atoms with van der Waals surface area (Å²) in [6, 6.07) is 0. The molecule has 0 amide bonds. The molecule has 0 fully saturated rings. The summed E-state index contributed by atoms with van der Waals surface area (Å²) in [5.41, 5.74) is 0. The summed E-state index contributed by atoms with van der Waals surface area (Å²) in [7, 11) is -4.75. The fourth-order valence-electron chi connectivity index (χ4n) is 7.74. The van der Waals surface area contributed by atoms with E-state index in [-0.39, 0.29) is 25.9 Å². The minimum Gasteiger partial charge on any atom is -0.462 e. The van der Waals surface area contributed by atoms with Crippen LogP contribution in [-0.2, 0) is 42.2 Å². The topological polar surface area (TPSA) is 155 Å². The lowest BCUT2D eigenvalue weighted by atomic mass is 10.0. The molecule has 0 aliphatic rings. The molecule has 0 heterocycles. The lowest BCUT2D eigenvalue weighted by Gasteiger charge is -2.21. The number of allylic oxidation sites excluding steroid dienone is 12. The van der Waals surface area contributed by atoms with Crippen molar-refractivity contribution in [1.29, 1.82) is 0 Å². The lowest BCUT2D eigenvalue weighted by molar-refractivity contribution is -0.161. The molecule has 3 unspecified atom stereocenters. The summed E-state index contributed by atoms with van der Waals surface area (Å²) in [5.74, 6) is -1.49. The quantitative estimate of drug-likeness (QED) is 0.0197. The second kappa shape index (κ2) is 54.2. The van der Waals surface area contributed by atoms with Gasteiger partial charge in [0.1, 0.15) is 12.7 Å². The van der Waals surface area contributed by atoms with Crippen molar-refractivity contribution >= 4 is 25.7 Å². The minimum absolute atomic E-state index is 0.147. The van der Waals surface area contributed by atoms with E-state index >= 15 is 0 Å². The van der Waals surface area contributed by atoms with Gasteiger partial charge in [-0.2, -0.15) is 0 Å². The van der Waals surface area contributed by atoms with Crippen LogP contribution in [0, 0.1) is 0 Å². The highest BCUT2D eigenvalue weighted by Crippen LogP contribution is 2.43. The van der Waals surface area contributed by atoms with Crippen LogP contribution in [0.5, 0.6) is 0 Å². The molecule has 0 aliphatic carbocycles. The minimum atomic E-state index is -4.75. The van der Waals surface area contributed by atoms with Crippen LogP contribution in [0.15, 0.2) is 72.9 Å². The normalized spacial score (nSPS) is 13.9. The number of hydrogen-bond acceptors (Lipinski definition) is 10. The number of aliphatic hydroxyl groups is 1.